The third-order valence-corrected chi connectivity index (χ3v) is 6.08. The Morgan fingerprint density at radius 2 is 2.03 bits per heavy atom. The molecular formula is C28H37ClN2O5. The first-order valence-corrected chi connectivity index (χ1v) is 13.3. The van der Waals surface area contributed by atoms with E-state index in [1.54, 1.807) is 6.92 Å². The number of nitrogens with zero attached hydrogens (tertiary/aromatic N) is 2. The van der Waals surface area contributed by atoms with Crippen molar-refractivity contribution in [3.8, 4) is 17.0 Å². The van der Waals surface area contributed by atoms with E-state index in [1.807, 2.05) is 54.8 Å². The van der Waals surface area contributed by atoms with E-state index in [4.69, 9.17) is 30.5 Å². The summed E-state index contributed by atoms with van der Waals surface area (Å²) >= 11 is 6.71. The number of carbonyl (C=O) groups excluding carboxylic acids is 1. The number of ether oxygens (including phenoxy) is 4. The zero-order chi connectivity index (χ0) is 25.9. The Kier molecular flexibility index (Phi) is 11.0. The van der Waals surface area contributed by atoms with Gasteiger partial charge in [0.2, 0.25) is 0 Å². The molecule has 1 atom stereocenters. The van der Waals surface area contributed by atoms with Gasteiger partial charge in [-0.15, -0.1) is 0 Å². The summed E-state index contributed by atoms with van der Waals surface area (Å²) < 4.78 is 24.5. The van der Waals surface area contributed by atoms with E-state index in [-0.39, 0.29) is 18.7 Å². The summed E-state index contributed by atoms with van der Waals surface area (Å²) in [4.78, 5) is 16.5. The molecule has 1 aromatic carbocycles. The monoisotopic (exact) mass is 516 g/mol. The molecule has 0 N–H and O–H groups in total. The second-order valence-electron chi connectivity index (χ2n) is 8.16. The van der Waals surface area contributed by atoms with Crippen LogP contribution in [0.25, 0.3) is 16.9 Å². The van der Waals surface area contributed by atoms with Gasteiger partial charge in [0.05, 0.1) is 36.0 Å². The number of halogens is 1. The lowest BCUT2D eigenvalue weighted by atomic mass is 10.0. The molecule has 0 amide bonds. The van der Waals surface area contributed by atoms with Crippen molar-refractivity contribution in [1.29, 1.82) is 0 Å². The van der Waals surface area contributed by atoms with Gasteiger partial charge < -0.3 is 18.9 Å². The van der Waals surface area contributed by atoms with Crippen LogP contribution in [-0.4, -0.2) is 48.1 Å². The molecule has 0 bridgehead atoms. The number of esters is 1. The lowest BCUT2D eigenvalue weighted by Crippen LogP contribution is -2.24. The zero-order valence-corrected chi connectivity index (χ0v) is 22.5. The lowest BCUT2D eigenvalue weighted by Gasteiger charge is -2.23. The van der Waals surface area contributed by atoms with E-state index in [0.717, 1.165) is 60.5 Å². The maximum absolute atomic E-state index is 11.9. The molecule has 36 heavy (non-hydrogen) atoms. The number of pyridine rings is 1. The van der Waals surface area contributed by atoms with E-state index in [0.29, 0.717) is 30.5 Å². The zero-order valence-electron chi connectivity index (χ0n) is 21.7. The van der Waals surface area contributed by atoms with Crippen LogP contribution < -0.4 is 4.74 Å². The van der Waals surface area contributed by atoms with Crippen LogP contribution in [0.3, 0.4) is 0 Å². The van der Waals surface area contributed by atoms with E-state index < -0.39 is 0 Å². The van der Waals surface area contributed by atoms with Crippen molar-refractivity contribution in [3.63, 3.8) is 0 Å². The number of fused-ring (bicyclic) bond motifs is 1. The minimum Gasteiger partial charge on any atom is -0.491 e. The molecular weight excluding hydrogens is 480 g/mol. The van der Waals surface area contributed by atoms with Crippen molar-refractivity contribution in [2.45, 2.75) is 66.1 Å². The molecule has 196 valence electrons. The Hall–Kier alpha value is -2.61. The van der Waals surface area contributed by atoms with Crippen LogP contribution in [0.5, 0.6) is 5.75 Å². The molecule has 3 heterocycles. The second kappa shape index (κ2) is 14.2. The Labute approximate surface area is 218 Å². The number of aromatic nitrogens is 2. The molecule has 1 aliphatic heterocycles. The molecule has 3 aromatic rings. The van der Waals surface area contributed by atoms with Crippen LogP contribution in [0.1, 0.15) is 58.2 Å². The number of carbonyl (C=O) groups is 1. The average molecular weight is 517 g/mol. The molecule has 4 rings (SSSR count). The molecule has 0 radical (unpaired) electrons. The molecule has 1 aliphatic rings. The molecule has 8 heteroatoms. The molecule has 1 fully saturated rings. The number of benzene rings is 1. The van der Waals surface area contributed by atoms with Crippen molar-refractivity contribution in [3.05, 3.63) is 52.8 Å². The molecule has 0 aliphatic carbocycles. The summed E-state index contributed by atoms with van der Waals surface area (Å²) in [7, 11) is 0. The summed E-state index contributed by atoms with van der Waals surface area (Å²) in [6.45, 7) is 9.85. The van der Waals surface area contributed by atoms with Crippen molar-refractivity contribution >= 4 is 23.2 Å². The normalized spacial score (nSPS) is 15.3. The number of hydrogen-bond donors (Lipinski definition) is 0. The summed E-state index contributed by atoms with van der Waals surface area (Å²) in [5.41, 5.74) is 4.10. The van der Waals surface area contributed by atoms with Crippen LogP contribution in [-0.2, 0) is 31.8 Å². The Balaban J connectivity index is 0.00000176. The smallest absolute Gasteiger partial charge is 0.311 e. The van der Waals surface area contributed by atoms with Gasteiger partial charge >= 0.3 is 5.97 Å². The van der Waals surface area contributed by atoms with Crippen molar-refractivity contribution in [1.82, 2.24) is 9.38 Å². The van der Waals surface area contributed by atoms with Gasteiger partial charge in [0, 0.05) is 18.4 Å². The van der Waals surface area contributed by atoms with Crippen LogP contribution in [0.2, 0.25) is 5.02 Å². The first kappa shape index (κ1) is 28.0. The summed E-state index contributed by atoms with van der Waals surface area (Å²) in [5, 5.41) is 0.629. The van der Waals surface area contributed by atoms with Crippen molar-refractivity contribution < 1.29 is 23.7 Å². The van der Waals surface area contributed by atoms with Crippen LogP contribution in [0.15, 0.2) is 36.5 Å². The van der Waals surface area contributed by atoms with Gasteiger partial charge in [0.1, 0.15) is 18.0 Å². The molecule has 2 aromatic heterocycles. The maximum atomic E-state index is 11.9. The molecule has 7 nitrogen and oxygen atoms in total. The fourth-order valence-electron chi connectivity index (χ4n) is 4.10. The fourth-order valence-corrected chi connectivity index (χ4v) is 4.38. The number of aryl methyl sites for hydroxylation is 1. The maximum Gasteiger partial charge on any atom is 0.311 e. The lowest BCUT2D eigenvalue weighted by molar-refractivity contribution is -0.165. The third kappa shape index (κ3) is 7.21. The Bertz CT molecular complexity index is 1120. The highest BCUT2D eigenvalue weighted by atomic mass is 35.5. The molecule has 1 unspecified atom stereocenters. The Morgan fingerprint density at radius 3 is 2.75 bits per heavy atom. The first-order chi connectivity index (χ1) is 17.6. The first-order valence-electron chi connectivity index (χ1n) is 12.9. The van der Waals surface area contributed by atoms with Gasteiger partial charge in [0.15, 0.2) is 6.29 Å². The highest BCUT2D eigenvalue weighted by Crippen LogP contribution is 2.35. The van der Waals surface area contributed by atoms with Crippen LogP contribution in [0, 0.1) is 0 Å². The van der Waals surface area contributed by atoms with Gasteiger partial charge in [0.25, 0.3) is 0 Å². The fraction of sp³-hybridized carbons (Fsp3) is 0.500. The van der Waals surface area contributed by atoms with Crippen molar-refractivity contribution in [2.24, 2.45) is 0 Å². The highest BCUT2D eigenvalue weighted by molar-refractivity contribution is 6.33. The molecule has 0 spiro atoms. The quantitative estimate of drug-likeness (QED) is 0.233. The molecule has 0 saturated carbocycles. The van der Waals surface area contributed by atoms with E-state index >= 15 is 0 Å². The van der Waals surface area contributed by atoms with Gasteiger partial charge in [-0.3, -0.25) is 9.20 Å². The van der Waals surface area contributed by atoms with Gasteiger partial charge in [-0.2, -0.15) is 0 Å². The standard InChI is InChI=1S/C26H31ClN2O5.C2H6/c1-3-18-14-21(27)20(16-23(18)32-12-13-34-26-10-5-6-11-33-26)22-8-7-9-24-28-19(17-29(22)24)15-25(30)31-4-2;1-2/h7-9,14,16-17,26H,3-6,10-13,15H2,1-2H3;1-2H3. The average Bonchev–Trinajstić information content (AvgIpc) is 3.31. The van der Waals surface area contributed by atoms with Crippen LogP contribution in [0.4, 0.5) is 0 Å². The predicted molar refractivity (Wildman–Crippen MR) is 142 cm³/mol. The topological polar surface area (TPSA) is 71.3 Å². The summed E-state index contributed by atoms with van der Waals surface area (Å²) in [6, 6.07) is 9.72. The molecule has 1 saturated heterocycles. The minimum absolute atomic E-state index is 0.122. The van der Waals surface area contributed by atoms with Crippen LogP contribution >= 0.6 is 11.6 Å². The van der Waals surface area contributed by atoms with E-state index in [9.17, 15) is 4.79 Å². The largest absolute Gasteiger partial charge is 0.491 e. The second-order valence-corrected chi connectivity index (χ2v) is 8.57. The SMILES string of the molecule is CC.CCOC(=O)Cc1cn2c(-c3cc(OCCOC4CCCCO4)c(CC)cc3Cl)cccc2n1. The minimum atomic E-state index is -0.297. The van der Waals surface area contributed by atoms with Crippen molar-refractivity contribution in [2.75, 3.05) is 26.4 Å². The highest BCUT2D eigenvalue weighted by Gasteiger charge is 2.17. The number of hydrogen-bond acceptors (Lipinski definition) is 6. The number of rotatable bonds is 10. The summed E-state index contributed by atoms with van der Waals surface area (Å²) in [6.07, 6.45) is 5.79. The predicted octanol–water partition coefficient (Wildman–Crippen LogP) is 6.27. The summed E-state index contributed by atoms with van der Waals surface area (Å²) in [5.74, 6) is 0.480. The Morgan fingerprint density at radius 1 is 1.19 bits per heavy atom. The van der Waals surface area contributed by atoms with E-state index in [1.165, 1.54) is 0 Å². The van der Waals surface area contributed by atoms with Gasteiger partial charge in [-0.1, -0.05) is 38.4 Å². The van der Waals surface area contributed by atoms with Gasteiger partial charge in [-0.05, 0) is 62.4 Å². The van der Waals surface area contributed by atoms with Gasteiger partial charge in [-0.25, -0.2) is 4.98 Å². The third-order valence-electron chi connectivity index (χ3n) is 5.76. The van der Waals surface area contributed by atoms with E-state index in [2.05, 4.69) is 11.9 Å². The number of imidazole rings is 1.